The van der Waals surface area contributed by atoms with Crippen LogP contribution in [0, 0.1) is 0 Å². The van der Waals surface area contributed by atoms with E-state index in [-0.39, 0.29) is 5.96 Å². The molecule has 0 aliphatic rings. The molecule has 16 heavy (non-hydrogen) atoms. The maximum atomic E-state index is 5.93. The van der Waals surface area contributed by atoms with Gasteiger partial charge in [0, 0.05) is 13.2 Å². The fourth-order valence-corrected chi connectivity index (χ4v) is 1.29. The number of nitrogens with one attached hydrogen (secondary N) is 2. The van der Waals surface area contributed by atoms with Gasteiger partial charge in [-0.3, -0.25) is 9.98 Å². The summed E-state index contributed by atoms with van der Waals surface area (Å²) in [5, 5.41) is 6.59. The highest BCUT2D eigenvalue weighted by Gasteiger charge is 2.02. The van der Waals surface area contributed by atoms with Gasteiger partial charge in [0.25, 0.3) is 0 Å². The standard InChI is InChI=1S/C9H12ClN5S/c1-12-8(11)15-9(16)14-5-7-6(10)3-2-4-13-7/h2-4H,5H2,1H3,(H4,11,12,14,15,16). The molecule has 7 heteroatoms. The molecule has 0 saturated carbocycles. The van der Waals surface area contributed by atoms with Gasteiger partial charge in [-0.25, -0.2) is 0 Å². The van der Waals surface area contributed by atoms with Crippen molar-refractivity contribution in [3.05, 3.63) is 29.0 Å². The second-order valence-electron chi connectivity index (χ2n) is 2.85. The summed E-state index contributed by atoms with van der Waals surface area (Å²) < 4.78 is 0. The number of aromatic nitrogens is 1. The van der Waals surface area contributed by atoms with Crippen molar-refractivity contribution in [1.29, 1.82) is 0 Å². The molecule has 0 atom stereocenters. The molecule has 0 saturated heterocycles. The predicted octanol–water partition coefficient (Wildman–Crippen LogP) is 0.644. The van der Waals surface area contributed by atoms with E-state index in [4.69, 9.17) is 29.6 Å². The number of aliphatic imine (C=N–C) groups is 1. The zero-order valence-corrected chi connectivity index (χ0v) is 10.3. The number of thiocarbonyl (C=S) groups is 1. The highest BCUT2D eigenvalue weighted by Crippen LogP contribution is 2.11. The van der Waals surface area contributed by atoms with Gasteiger partial charge in [-0.2, -0.15) is 0 Å². The Morgan fingerprint density at radius 2 is 2.44 bits per heavy atom. The number of guanidine groups is 1. The Morgan fingerprint density at radius 1 is 1.69 bits per heavy atom. The zero-order valence-electron chi connectivity index (χ0n) is 8.70. The van der Waals surface area contributed by atoms with E-state index in [2.05, 4.69) is 20.6 Å². The summed E-state index contributed by atoms with van der Waals surface area (Å²) in [4.78, 5) is 7.82. The average Bonchev–Trinajstić information content (AvgIpc) is 2.28. The third-order valence-corrected chi connectivity index (χ3v) is 2.32. The van der Waals surface area contributed by atoms with E-state index >= 15 is 0 Å². The first-order valence-electron chi connectivity index (χ1n) is 4.50. The fourth-order valence-electron chi connectivity index (χ4n) is 0.929. The summed E-state index contributed by atoms with van der Waals surface area (Å²) in [6.45, 7) is 0.433. The van der Waals surface area contributed by atoms with Gasteiger partial charge in [-0.05, 0) is 24.4 Å². The van der Waals surface area contributed by atoms with Crippen molar-refractivity contribution < 1.29 is 0 Å². The van der Waals surface area contributed by atoms with Crippen molar-refractivity contribution >= 4 is 34.9 Å². The molecule has 0 amide bonds. The minimum Gasteiger partial charge on any atom is -0.370 e. The van der Waals surface area contributed by atoms with Gasteiger partial charge in [-0.1, -0.05) is 11.6 Å². The third-order valence-electron chi connectivity index (χ3n) is 1.73. The van der Waals surface area contributed by atoms with E-state index in [1.54, 1.807) is 25.4 Å². The van der Waals surface area contributed by atoms with Crippen LogP contribution in [0.5, 0.6) is 0 Å². The van der Waals surface area contributed by atoms with Gasteiger partial charge in [0.15, 0.2) is 11.1 Å². The van der Waals surface area contributed by atoms with Gasteiger partial charge >= 0.3 is 0 Å². The SMILES string of the molecule is CN=C(N)NC(=S)NCc1ncccc1Cl. The molecular weight excluding hydrogens is 246 g/mol. The molecule has 4 N–H and O–H groups in total. The fraction of sp³-hybridized carbons (Fsp3) is 0.222. The summed E-state index contributed by atoms with van der Waals surface area (Å²) in [5.74, 6) is 0.254. The van der Waals surface area contributed by atoms with E-state index in [0.717, 1.165) is 5.69 Å². The Hall–Kier alpha value is -1.40. The summed E-state index contributed by atoms with van der Waals surface area (Å²) in [6, 6.07) is 3.54. The van der Waals surface area contributed by atoms with Crippen LogP contribution in [0.25, 0.3) is 0 Å². The molecular formula is C9H12ClN5S. The molecule has 0 bridgehead atoms. The molecule has 0 spiro atoms. The molecule has 0 aromatic carbocycles. The second-order valence-corrected chi connectivity index (χ2v) is 3.66. The number of hydrogen-bond donors (Lipinski definition) is 3. The molecule has 0 fully saturated rings. The van der Waals surface area contributed by atoms with Crippen molar-refractivity contribution in [3.63, 3.8) is 0 Å². The minimum absolute atomic E-state index is 0.254. The van der Waals surface area contributed by atoms with Crippen LogP contribution in [0.4, 0.5) is 0 Å². The molecule has 5 nitrogen and oxygen atoms in total. The van der Waals surface area contributed by atoms with Crippen molar-refractivity contribution in [3.8, 4) is 0 Å². The topological polar surface area (TPSA) is 75.3 Å². The van der Waals surface area contributed by atoms with Crippen LogP contribution in [-0.4, -0.2) is 23.1 Å². The first-order chi connectivity index (χ1) is 7.63. The van der Waals surface area contributed by atoms with Crippen molar-refractivity contribution in [2.45, 2.75) is 6.54 Å². The summed E-state index contributed by atoms with van der Waals surface area (Å²) in [5.41, 5.74) is 6.16. The summed E-state index contributed by atoms with van der Waals surface area (Å²) in [7, 11) is 1.57. The Morgan fingerprint density at radius 3 is 3.06 bits per heavy atom. The summed E-state index contributed by atoms with van der Waals surface area (Å²) in [6.07, 6.45) is 1.67. The van der Waals surface area contributed by atoms with Gasteiger partial charge in [-0.15, -0.1) is 0 Å². The normalized spacial score (nSPS) is 11.0. The molecule has 0 aliphatic heterocycles. The largest absolute Gasteiger partial charge is 0.370 e. The number of halogens is 1. The molecule has 0 aliphatic carbocycles. The van der Waals surface area contributed by atoms with Crippen LogP contribution in [0.3, 0.4) is 0 Å². The summed E-state index contributed by atoms with van der Waals surface area (Å²) >= 11 is 10.9. The lowest BCUT2D eigenvalue weighted by Crippen LogP contribution is -2.42. The zero-order chi connectivity index (χ0) is 12.0. The molecule has 0 radical (unpaired) electrons. The lowest BCUT2D eigenvalue weighted by molar-refractivity contribution is 0.867. The number of rotatable bonds is 2. The Kier molecular flexibility index (Phi) is 4.94. The molecule has 1 heterocycles. The van der Waals surface area contributed by atoms with Crippen LogP contribution in [0.15, 0.2) is 23.3 Å². The molecule has 1 aromatic heterocycles. The van der Waals surface area contributed by atoms with Crippen molar-refractivity contribution in [1.82, 2.24) is 15.6 Å². The number of hydrogen-bond acceptors (Lipinski definition) is 3. The van der Waals surface area contributed by atoms with E-state index in [1.807, 2.05) is 0 Å². The highest BCUT2D eigenvalue weighted by molar-refractivity contribution is 7.80. The third kappa shape index (κ3) is 4.00. The second kappa shape index (κ2) is 6.24. The molecule has 1 aromatic rings. The minimum atomic E-state index is 0.254. The van der Waals surface area contributed by atoms with Gasteiger partial charge in [0.05, 0.1) is 17.3 Å². The molecule has 0 unspecified atom stereocenters. The van der Waals surface area contributed by atoms with E-state index < -0.39 is 0 Å². The molecule has 1 rings (SSSR count). The van der Waals surface area contributed by atoms with Gasteiger partial charge in [0.2, 0.25) is 0 Å². The van der Waals surface area contributed by atoms with Crippen LogP contribution >= 0.6 is 23.8 Å². The first-order valence-corrected chi connectivity index (χ1v) is 5.28. The van der Waals surface area contributed by atoms with Crippen molar-refractivity contribution in [2.24, 2.45) is 10.7 Å². The van der Waals surface area contributed by atoms with Crippen molar-refractivity contribution in [2.75, 3.05) is 7.05 Å². The molecule has 86 valence electrons. The smallest absolute Gasteiger partial charge is 0.194 e. The lowest BCUT2D eigenvalue weighted by atomic mass is 10.3. The van der Waals surface area contributed by atoms with Crippen LogP contribution in [0.1, 0.15) is 5.69 Å². The Balaban J connectivity index is 2.46. The van der Waals surface area contributed by atoms with E-state index in [9.17, 15) is 0 Å². The van der Waals surface area contributed by atoms with E-state index in [0.29, 0.717) is 16.7 Å². The first kappa shape index (κ1) is 12.7. The number of nitrogens with two attached hydrogens (primary N) is 1. The van der Waals surface area contributed by atoms with Crippen LogP contribution < -0.4 is 16.4 Å². The van der Waals surface area contributed by atoms with Gasteiger partial charge < -0.3 is 16.4 Å². The number of pyridine rings is 1. The number of nitrogens with zero attached hydrogens (tertiary/aromatic N) is 2. The predicted molar refractivity (Wildman–Crippen MR) is 69.4 cm³/mol. The average molecular weight is 258 g/mol. The maximum absolute atomic E-state index is 5.93. The van der Waals surface area contributed by atoms with Crippen LogP contribution in [0.2, 0.25) is 5.02 Å². The highest BCUT2D eigenvalue weighted by atomic mass is 35.5. The monoisotopic (exact) mass is 257 g/mol. The van der Waals surface area contributed by atoms with Crippen LogP contribution in [-0.2, 0) is 6.54 Å². The Labute approximate surface area is 104 Å². The maximum Gasteiger partial charge on any atom is 0.194 e. The van der Waals surface area contributed by atoms with E-state index in [1.165, 1.54) is 0 Å². The van der Waals surface area contributed by atoms with Gasteiger partial charge in [0.1, 0.15) is 0 Å². The quantitative estimate of drug-likeness (QED) is 0.412. The Bertz CT molecular complexity index is 407. The lowest BCUT2D eigenvalue weighted by Gasteiger charge is -2.09.